The van der Waals surface area contributed by atoms with Gasteiger partial charge in [-0.05, 0) is 12.8 Å². The Balaban J connectivity index is 3.40. The van der Waals surface area contributed by atoms with Gasteiger partial charge >= 0.3 is 0 Å². The topological polar surface area (TPSA) is 54.4 Å². The van der Waals surface area contributed by atoms with Crippen molar-refractivity contribution in [3.05, 3.63) is 19.1 Å². The summed E-state index contributed by atoms with van der Waals surface area (Å²) in [6.07, 6.45) is 3.49. The van der Waals surface area contributed by atoms with Crippen LogP contribution in [-0.4, -0.2) is 18.7 Å². The van der Waals surface area contributed by atoms with Crippen molar-refractivity contribution in [1.29, 1.82) is 0 Å². The monoisotopic (exact) mass is 149 g/mol. The molecule has 53 valence electrons. The van der Waals surface area contributed by atoms with Crippen LogP contribution in [0.2, 0.25) is 0 Å². The van der Waals surface area contributed by atoms with Crippen molar-refractivity contribution >= 4 is 10.1 Å². The van der Waals surface area contributed by atoms with Crippen LogP contribution in [0, 0.1) is 6.42 Å². The lowest BCUT2D eigenvalue weighted by molar-refractivity contribution is 0.485. The molecule has 0 fully saturated rings. The summed E-state index contributed by atoms with van der Waals surface area (Å²) in [4.78, 5) is 0. The maximum absolute atomic E-state index is 10.00. The van der Waals surface area contributed by atoms with Gasteiger partial charge in [0, 0.05) is 0 Å². The minimum absolute atomic E-state index is 0.293. The fourth-order valence-electron chi connectivity index (χ4n) is 0.335. The molecular weight excluding hydrogens is 140 g/mol. The van der Waals surface area contributed by atoms with Crippen molar-refractivity contribution < 1.29 is 13.0 Å². The molecular formula is C5H9O3S. The van der Waals surface area contributed by atoms with Crippen molar-refractivity contribution in [3.63, 3.8) is 0 Å². The second-order valence-corrected chi connectivity index (χ2v) is 3.06. The number of hydrogen-bond donors (Lipinski definition) is 1. The van der Waals surface area contributed by atoms with Gasteiger partial charge in [0.1, 0.15) is 0 Å². The highest BCUT2D eigenvalue weighted by Gasteiger charge is 2.01. The third-order valence-corrected chi connectivity index (χ3v) is 1.32. The first-order valence-electron chi connectivity index (χ1n) is 2.44. The molecule has 0 atom stereocenters. The second-order valence-electron chi connectivity index (χ2n) is 1.56. The quantitative estimate of drug-likeness (QED) is 0.363. The van der Waals surface area contributed by atoms with Crippen LogP contribution in [-0.2, 0) is 10.1 Å². The van der Waals surface area contributed by atoms with E-state index in [0.29, 0.717) is 6.42 Å². The molecule has 0 heterocycles. The number of hydrogen-bond acceptors (Lipinski definition) is 2. The Bertz CT molecular complexity index is 169. The van der Waals surface area contributed by atoms with Crippen molar-refractivity contribution in [3.8, 4) is 0 Å². The first-order chi connectivity index (χ1) is 4.06. The largest absolute Gasteiger partial charge is 0.286 e. The average Bonchev–Trinajstić information content (AvgIpc) is 1.63. The Morgan fingerprint density at radius 3 is 2.44 bits per heavy atom. The summed E-state index contributed by atoms with van der Waals surface area (Å²) >= 11 is 0. The summed E-state index contributed by atoms with van der Waals surface area (Å²) < 4.78 is 28.1. The van der Waals surface area contributed by atoms with E-state index in [9.17, 15) is 8.42 Å². The van der Waals surface area contributed by atoms with Gasteiger partial charge in [0.2, 0.25) is 0 Å². The zero-order chi connectivity index (χ0) is 7.33. The molecule has 0 saturated heterocycles. The van der Waals surface area contributed by atoms with Gasteiger partial charge in [0.15, 0.2) is 0 Å². The lowest BCUT2D eigenvalue weighted by Crippen LogP contribution is -2.03. The number of rotatable bonds is 4. The minimum atomic E-state index is -3.80. The molecule has 1 N–H and O–H groups in total. The molecule has 0 aliphatic heterocycles. The molecule has 0 rings (SSSR count). The minimum Gasteiger partial charge on any atom is -0.286 e. The highest BCUT2D eigenvalue weighted by molar-refractivity contribution is 7.85. The van der Waals surface area contributed by atoms with Gasteiger partial charge in [0.25, 0.3) is 10.1 Å². The molecule has 4 heteroatoms. The van der Waals surface area contributed by atoms with Gasteiger partial charge in [0.05, 0.1) is 5.75 Å². The molecule has 0 aromatic carbocycles. The van der Waals surface area contributed by atoms with Gasteiger partial charge in [-0.2, -0.15) is 8.42 Å². The Morgan fingerprint density at radius 1 is 1.56 bits per heavy atom. The molecule has 0 aromatic heterocycles. The summed E-state index contributed by atoms with van der Waals surface area (Å²) in [7, 11) is -3.80. The summed E-state index contributed by atoms with van der Waals surface area (Å²) in [5, 5.41) is 0. The van der Waals surface area contributed by atoms with Crippen LogP contribution in [0.1, 0.15) is 6.42 Å². The van der Waals surface area contributed by atoms with Crippen LogP contribution in [0.25, 0.3) is 0 Å². The molecule has 1 radical (unpaired) electrons. The third kappa shape index (κ3) is 7.65. The van der Waals surface area contributed by atoms with E-state index in [1.54, 1.807) is 6.08 Å². The summed E-state index contributed by atoms with van der Waals surface area (Å²) in [6, 6.07) is 0. The van der Waals surface area contributed by atoms with Gasteiger partial charge in [-0.15, -0.1) is 6.58 Å². The second kappa shape index (κ2) is 3.63. The van der Waals surface area contributed by atoms with Crippen molar-refractivity contribution in [2.24, 2.45) is 0 Å². The van der Waals surface area contributed by atoms with E-state index in [4.69, 9.17) is 4.55 Å². The fraction of sp³-hybridized carbons (Fsp3) is 0.400. The third-order valence-electron chi connectivity index (χ3n) is 0.662. The van der Waals surface area contributed by atoms with Gasteiger partial charge < -0.3 is 0 Å². The van der Waals surface area contributed by atoms with E-state index in [1.807, 2.05) is 0 Å². The van der Waals surface area contributed by atoms with E-state index < -0.39 is 10.1 Å². The van der Waals surface area contributed by atoms with Gasteiger partial charge in [-0.3, -0.25) is 4.55 Å². The fourth-order valence-corrected chi connectivity index (χ4v) is 0.769. The Labute approximate surface area is 55.1 Å². The van der Waals surface area contributed by atoms with Crippen LogP contribution in [0.15, 0.2) is 12.7 Å². The first-order valence-corrected chi connectivity index (χ1v) is 4.05. The maximum atomic E-state index is 10.00. The predicted octanol–water partition coefficient (Wildman–Crippen LogP) is 0.655. The van der Waals surface area contributed by atoms with Crippen LogP contribution >= 0.6 is 0 Å². The van der Waals surface area contributed by atoms with Crippen molar-refractivity contribution in [1.82, 2.24) is 0 Å². The van der Waals surface area contributed by atoms with Crippen LogP contribution in [0.3, 0.4) is 0 Å². The normalized spacial score (nSPS) is 11.2. The molecule has 3 nitrogen and oxygen atoms in total. The van der Waals surface area contributed by atoms with E-state index in [-0.39, 0.29) is 5.75 Å². The Morgan fingerprint density at radius 2 is 2.11 bits per heavy atom. The smallest absolute Gasteiger partial charge is 0.265 e. The average molecular weight is 149 g/mol. The SMILES string of the molecule is C=CC[CH]CS(=O)(=O)O. The van der Waals surface area contributed by atoms with Crippen molar-refractivity contribution in [2.75, 3.05) is 5.75 Å². The van der Waals surface area contributed by atoms with Crippen LogP contribution in [0.5, 0.6) is 0 Å². The Hall–Kier alpha value is -0.350. The Kier molecular flexibility index (Phi) is 3.49. The van der Waals surface area contributed by atoms with Crippen LogP contribution in [0.4, 0.5) is 0 Å². The molecule has 0 amide bonds. The first kappa shape index (κ1) is 8.65. The van der Waals surface area contributed by atoms with Gasteiger partial charge in [-0.25, -0.2) is 0 Å². The number of unbranched alkanes of at least 4 members (excludes halogenated alkanes) is 1. The molecule has 0 bridgehead atoms. The molecule has 0 spiro atoms. The lowest BCUT2D eigenvalue weighted by Gasteiger charge is -1.90. The highest BCUT2D eigenvalue weighted by Crippen LogP contribution is 1.91. The van der Waals surface area contributed by atoms with Crippen LogP contribution < -0.4 is 0 Å². The molecule has 0 aliphatic carbocycles. The van der Waals surface area contributed by atoms with E-state index in [1.165, 1.54) is 6.42 Å². The van der Waals surface area contributed by atoms with E-state index in [2.05, 4.69) is 6.58 Å². The summed E-state index contributed by atoms with van der Waals surface area (Å²) in [5.74, 6) is -0.293. The zero-order valence-corrected chi connectivity index (χ0v) is 5.76. The lowest BCUT2D eigenvalue weighted by atomic mass is 10.3. The van der Waals surface area contributed by atoms with E-state index in [0.717, 1.165) is 0 Å². The van der Waals surface area contributed by atoms with Gasteiger partial charge in [-0.1, -0.05) is 6.08 Å². The highest BCUT2D eigenvalue weighted by atomic mass is 32.2. The molecule has 9 heavy (non-hydrogen) atoms. The molecule has 0 unspecified atom stereocenters. The maximum Gasteiger partial charge on any atom is 0.265 e. The zero-order valence-electron chi connectivity index (χ0n) is 4.95. The summed E-state index contributed by atoms with van der Waals surface area (Å²) in [5.41, 5.74) is 0. The van der Waals surface area contributed by atoms with E-state index >= 15 is 0 Å². The molecule has 0 aliphatic rings. The standard InChI is InChI=1S/C5H9O3S/c1-2-3-4-5-9(6,7)8/h2,4H,1,3,5H2,(H,6,7,8). The molecule has 0 saturated carbocycles. The summed E-state index contributed by atoms with van der Waals surface area (Å²) in [6.45, 7) is 3.37. The molecule has 0 aromatic rings. The predicted molar refractivity (Wildman–Crippen MR) is 35.5 cm³/mol. The number of allylic oxidation sites excluding steroid dienone is 1. The van der Waals surface area contributed by atoms with Crippen molar-refractivity contribution in [2.45, 2.75) is 6.42 Å².